The number of ether oxygens (including phenoxy) is 1. The average Bonchev–Trinajstić information content (AvgIpc) is 2.60. The number of carbonyl (C=O) groups excluding carboxylic acids is 1. The predicted molar refractivity (Wildman–Crippen MR) is 92.3 cm³/mol. The second-order valence-corrected chi connectivity index (χ2v) is 5.32. The lowest BCUT2D eigenvalue weighted by atomic mass is 10.1. The van der Waals surface area contributed by atoms with Gasteiger partial charge in [-0.05, 0) is 23.8 Å². The Morgan fingerprint density at radius 2 is 1.92 bits per heavy atom. The summed E-state index contributed by atoms with van der Waals surface area (Å²) in [4.78, 5) is 11.5. The zero-order valence-electron chi connectivity index (χ0n) is 12.9. The average molecular weight is 339 g/mol. The summed E-state index contributed by atoms with van der Waals surface area (Å²) in [5, 5.41) is 12.0. The first kappa shape index (κ1) is 17.4. The molecule has 0 bridgehead atoms. The highest BCUT2D eigenvalue weighted by molar-refractivity contribution is 6.30. The third kappa shape index (κ3) is 6.04. The molecule has 0 aliphatic heterocycles. The van der Waals surface area contributed by atoms with Crippen molar-refractivity contribution >= 4 is 17.7 Å². The van der Waals surface area contributed by atoms with Gasteiger partial charge < -0.3 is 10.1 Å². The number of amides is 1. The van der Waals surface area contributed by atoms with Gasteiger partial charge in [0.1, 0.15) is 6.61 Å². The van der Waals surface area contributed by atoms with Crippen LogP contribution in [0.25, 0.3) is 0 Å². The maximum absolute atomic E-state index is 11.5. The highest BCUT2D eigenvalue weighted by Gasteiger charge is 2.01. The largest absolute Gasteiger partial charge is 0.445 e. The summed E-state index contributed by atoms with van der Waals surface area (Å²) in [6.07, 6.45) is -0.00959. The van der Waals surface area contributed by atoms with Crippen molar-refractivity contribution in [3.05, 3.63) is 70.2 Å². The highest BCUT2D eigenvalue weighted by Crippen LogP contribution is 2.13. The minimum atomic E-state index is -0.477. The summed E-state index contributed by atoms with van der Waals surface area (Å²) in [6, 6.07) is 16.4. The van der Waals surface area contributed by atoms with E-state index in [2.05, 4.69) is 17.2 Å². The molecule has 0 spiro atoms. The van der Waals surface area contributed by atoms with Gasteiger partial charge in [0.05, 0.1) is 11.6 Å². The second-order valence-electron chi connectivity index (χ2n) is 4.88. The summed E-state index contributed by atoms with van der Waals surface area (Å²) < 4.78 is 5.09. The molecule has 5 heteroatoms. The number of rotatable bonds is 4. The number of halogens is 1. The maximum Gasteiger partial charge on any atom is 0.407 e. The van der Waals surface area contributed by atoms with E-state index in [-0.39, 0.29) is 6.61 Å². The molecular weight excluding hydrogens is 324 g/mol. The van der Waals surface area contributed by atoms with Crippen molar-refractivity contribution in [3.8, 4) is 17.9 Å². The summed E-state index contributed by atoms with van der Waals surface area (Å²) in [5.41, 5.74) is 2.07. The fourth-order valence-corrected chi connectivity index (χ4v) is 2.13. The van der Waals surface area contributed by atoms with Crippen LogP contribution in [0, 0.1) is 23.2 Å². The number of nitrogens with one attached hydrogen (secondary N) is 1. The van der Waals surface area contributed by atoms with Gasteiger partial charge in [-0.25, -0.2) is 4.79 Å². The first-order valence-electron chi connectivity index (χ1n) is 7.31. The van der Waals surface area contributed by atoms with Crippen molar-refractivity contribution < 1.29 is 9.53 Å². The van der Waals surface area contributed by atoms with E-state index in [1.165, 1.54) is 0 Å². The molecule has 0 aromatic heterocycles. The van der Waals surface area contributed by atoms with Crippen molar-refractivity contribution in [1.29, 1.82) is 5.26 Å². The van der Waals surface area contributed by atoms with Crippen LogP contribution in [0.2, 0.25) is 5.02 Å². The smallest absolute Gasteiger partial charge is 0.407 e. The molecule has 120 valence electrons. The van der Waals surface area contributed by atoms with E-state index in [4.69, 9.17) is 21.6 Å². The van der Waals surface area contributed by atoms with E-state index in [9.17, 15) is 4.79 Å². The molecule has 2 rings (SSSR count). The van der Waals surface area contributed by atoms with E-state index < -0.39 is 6.09 Å². The van der Waals surface area contributed by atoms with Crippen molar-refractivity contribution in [2.75, 3.05) is 6.54 Å². The zero-order valence-corrected chi connectivity index (χ0v) is 13.6. The molecule has 1 N–H and O–H groups in total. The molecule has 0 atom stereocenters. The Hall–Kier alpha value is -2.95. The molecule has 0 aliphatic rings. The van der Waals surface area contributed by atoms with Crippen LogP contribution in [0.5, 0.6) is 0 Å². The number of hydrogen-bond acceptors (Lipinski definition) is 3. The van der Waals surface area contributed by atoms with Gasteiger partial charge >= 0.3 is 6.09 Å². The van der Waals surface area contributed by atoms with Gasteiger partial charge in [0.2, 0.25) is 0 Å². The summed E-state index contributed by atoms with van der Waals surface area (Å²) in [7, 11) is 0. The Morgan fingerprint density at radius 1 is 1.17 bits per heavy atom. The van der Waals surface area contributed by atoms with Gasteiger partial charge in [-0.3, -0.25) is 0 Å². The zero-order chi connectivity index (χ0) is 17.2. The SMILES string of the molecule is N#Cc1cc(Cl)cc(C#CCCNC(=O)OCc2ccccc2)c1. The van der Waals surface area contributed by atoms with Crippen molar-refractivity contribution in [3.63, 3.8) is 0 Å². The van der Waals surface area contributed by atoms with Crippen LogP contribution in [-0.4, -0.2) is 12.6 Å². The lowest BCUT2D eigenvalue weighted by molar-refractivity contribution is 0.140. The van der Waals surface area contributed by atoms with E-state index in [1.54, 1.807) is 18.2 Å². The summed E-state index contributed by atoms with van der Waals surface area (Å²) in [6.45, 7) is 0.615. The van der Waals surface area contributed by atoms with E-state index in [0.29, 0.717) is 29.1 Å². The van der Waals surface area contributed by atoms with Crippen molar-refractivity contribution in [2.24, 2.45) is 0 Å². The Kier molecular flexibility index (Phi) is 6.71. The van der Waals surface area contributed by atoms with Gasteiger partial charge in [-0.2, -0.15) is 5.26 Å². The van der Waals surface area contributed by atoms with Gasteiger partial charge in [0.25, 0.3) is 0 Å². The fourth-order valence-electron chi connectivity index (χ4n) is 1.89. The first-order chi connectivity index (χ1) is 11.7. The van der Waals surface area contributed by atoms with Crippen LogP contribution in [0.15, 0.2) is 48.5 Å². The fraction of sp³-hybridized carbons (Fsp3) is 0.158. The monoisotopic (exact) mass is 338 g/mol. The molecule has 0 unspecified atom stereocenters. The molecule has 0 heterocycles. The number of hydrogen-bond donors (Lipinski definition) is 1. The second kappa shape index (κ2) is 9.25. The van der Waals surface area contributed by atoms with Gasteiger partial charge in [-0.1, -0.05) is 53.8 Å². The Morgan fingerprint density at radius 3 is 2.67 bits per heavy atom. The minimum absolute atomic E-state index is 0.234. The number of benzene rings is 2. The number of nitrogens with zero attached hydrogens (tertiary/aromatic N) is 1. The Bertz CT molecular complexity index is 802. The van der Waals surface area contributed by atoms with E-state index >= 15 is 0 Å². The molecule has 4 nitrogen and oxygen atoms in total. The van der Waals surface area contributed by atoms with Gasteiger partial charge in [-0.15, -0.1) is 0 Å². The normalized spacial score (nSPS) is 9.33. The lowest BCUT2D eigenvalue weighted by Crippen LogP contribution is -2.24. The molecule has 0 radical (unpaired) electrons. The highest BCUT2D eigenvalue weighted by atomic mass is 35.5. The molecule has 0 saturated heterocycles. The Labute approximate surface area is 146 Å². The van der Waals surface area contributed by atoms with Crippen LogP contribution in [0.3, 0.4) is 0 Å². The third-order valence-corrected chi connectivity index (χ3v) is 3.21. The predicted octanol–water partition coefficient (Wildman–Crippen LogP) is 3.88. The van der Waals surface area contributed by atoms with Crippen LogP contribution in [0.1, 0.15) is 23.1 Å². The van der Waals surface area contributed by atoms with Crippen LogP contribution >= 0.6 is 11.6 Å². The molecule has 0 aliphatic carbocycles. The molecule has 0 fully saturated rings. The molecule has 1 amide bonds. The van der Waals surface area contributed by atoms with Gasteiger partial charge in [0, 0.05) is 23.6 Å². The van der Waals surface area contributed by atoms with Crippen LogP contribution < -0.4 is 5.32 Å². The van der Waals surface area contributed by atoms with Gasteiger partial charge in [0.15, 0.2) is 0 Å². The molecule has 0 saturated carbocycles. The maximum atomic E-state index is 11.5. The minimum Gasteiger partial charge on any atom is -0.445 e. The van der Waals surface area contributed by atoms with E-state index in [1.807, 2.05) is 36.4 Å². The summed E-state index contributed by atoms with van der Waals surface area (Å²) >= 11 is 5.90. The third-order valence-electron chi connectivity index (χ3n) is 2.99. The molecule has 2 aromatic rings. The van der Waals surface area contributed by atoms with Crippen molar-refractivity contribution in [2.45, 2.75) is 13.0 Å². The topological polar surface area (TPSA) is 62.1 Å². The Balaban J connectivity index is 1.72. The summed E-state index contributed by atoms with van der Waals surface area (Å²) in [5.74, 6) is 5.84. The molecule has 2 aromatic carbocycles. The van der Waals surface area contributed by atoms with Crippen LogP contribution in [-0.2, 0) is 11.3 Å². The quantitative estimate of drug-likeness (QED) is 0.679. The standard InChI is InChI=1S/C19H15ClN2O2/c20-18-11-16(10-17(12-18)13-21)8-4-5-9-22-19(23)24-14-15-6-2-1-3-7-15/h1-3,6-7,10-12H,5,9,14H2,(H,22,23). The number of carbonyl (C=O) groups is 1. The lowest BCUT2D eigenvalue weighted by Gasteiger charge is -2.05. The molecule has 24 heavy (non-hydrogen) atoms. The van der Waals surface area contributed by atoms with E-state index in [0.717, 1.165) is 5.56 Å². The van der Waals surface area contributed by atoms with Crippen LogP contribution in [0.4, 0.5) is 4.79 Å². The first-order valence-corrected chi connectivity index (χ1v) is 7.69. The number of nitriles is 1. The number of alkyl carbamates (subject to hydrolysis) is 1. The molecular formula is C19H15ClN2O2. The van der Waals surface area contributed by atoms with Crippen molar-refractivity contribution in [1.82, 2.24) is 5.32 Å².